The van der Waals surface area contributed by atoms with E-state index in [1.54, 1.807) is 7.11 Å². The second-order valence-corrected chi connectivity index (χ2v) is 7.28. The summed E-state index contributed by atoms with van der Waals surface area (Å²) in [6.45, 7) is 5.53. The average Bonchev–Trinajstić information content (AvgIpc) is 2.61. The molecule has 0 radical (unpaired) electrons. The number of fused-ring (bicyclic) bond motifs is 1. The number of rotatable bonds is 5. The van der Waals surface area contributed by atoms with Crippen molar-refractivity contribution >= 4 is 16.7 Å². The molecule has 0 bridgehead atoms. The molecule has 1 saturated heterocycles. The lowest BCUT2D eigenvalue weighted by molar-refractivity contribution is -0.132. The highest BCUT2D eigenvalue weighted by Gasteiger charge is 2.20. The predicted molar refractivity (Wildman–Crippen MR) is 102 cm³/mol. The summed E-state index contributed by atoms with van der Waals surface area (Å²) in [6.07, 6.45) is 2.48. The van der Waals surface area contributed by atoms with E-state index in [0.717, 1.165) is 29.8 Å². The van der Waals surface area contributed by atoms with Crippen LogP contribution in [0, 0.1) is 5.92 Å². The Hall–Kier alpha value is -2.07. The molecule has 1 unspecified atom stereocenters. The van der Waals surface area contributed by atoms with E-state index in [1.807, 2.05) is 24.1 Å². The van der Waals surface area contributed by atoms with Gasteiger partial charge in [0.1, 0.15) is 5.75 Å². The lowest BCUT2D eigenvalue weighted by Crippen LogP contribution is -2.42. The lowest BCUT2D eigenvalue weighted by atomic mass is 10.0. The summed E-state index contributed by atoms with van der Waals surface area (Å²) >= 11 is 0. The number of carbonyl (C=O) groups is 1. The first-order valence-electron chi connectivity index (χ1n) is 9.08. The van der Waals surface area contributed by atoms with Gasteiger partial charge in [-0.1, -0.05) is 25.1 Å². The van der Waals surface area contributed by atoms with Crippen LogP contribution in [0.5, 0.6) is 5.75 Å². The van der Waals surface area contributed by atoms with Crippen LogP contribution in [0.2, 0.25) is 0 Å². The van der Waals surface area contributed by atoms with Crippen LogP contribution in [0.3, 0.4) is 0 Å². The van der Waals surface area contributed by atoms with Crippen LogP contribution in [-0.4, -0.2) is 49.5 Å². The van der Waals surface area contributed by atoms with Gasteiger partial charge in [0.15, 0.2) is 0 Å². The smallest absolute Gasteiger partial charge is 0.236 e. The molecule has 4 heteroatoms. The Morgan fingerprint density at radius 2 is 2.00 bits per heavy atom. The number of ether oxygens (including phenoxy) is 1. The highest BCUT2D eigenvalue weighted by molar-refractivity contribution is 5.84. The molecule has 0 aromatic heterocycles. The first-order valence-corrected chi connectivity index (χ1v) is 9.08. The van der Waals surface area contributed by atoms with E-state index in [1.165, 1.54) is 18.2 Å². The third kappa shape index (κ3) is 4.51. The summed E-state index contributed by atoms with van der Waals surface area (Å²) in [6, 6.07) is 12.4. The van der Waals surface area contributed by atoms with Crippen molar-refractivity contribution in [3.05, 3.63) is 42.0 Å². The molecule has 1 amide bonds. The predicted octanol–water partition coefficient (Wildman–Crippen LogP) is 3.54. The fourth-order valence-corrected chi connectivity index (χ4v) is 3.60. The molecule has 1 aliphatic rings. The van der Waals surface area contributed by atoms with Gasteiger partial charge in [0, 0.05) is 20.1 Å². The molecule has 0 aliphatic carbocycles. The number of hydrogen-bond donors (Lipinski definition) is 0. The number of amides is 1. The molecule has 2 aromatic rings. The van der Waals surface area contributed by atoms with E-state index >= 15 is 0 Å². The minimum absolute atomic E-state index is 0.198. The summed E-state index contributed by atoms with van der Waals surface area (Å²) in [4.78, 5) is 16.7. The topological polar surface area (TPSA) is 32.8 Å². The fourth-order valence-electron chi connectivity index (χ4n) is 3.60. The molecule has 1 atom stereocenters. The Labute approximate surface area is 150 Å². The van der Waals surface area contributed by atoms with E-state index < -0.39 is 0 Å². The molecule has 1 fully saturated rings. The summed E-state index contributed by atoms with van der Waals surface area (Å²) in [5, 5.41) is 2.32. The van der Waals surface area contributed by atoms with Gasteiger partial charge in [0.2, 0.25) is 5.91 Å². The van der Waals surface area contributed by atoms with Crippen LogP contribution in [0.4, 0.5) is 0 Å². The zero-order chi connectivity index (χ0) is 17.8. The molecule has 4 nitrogen and oxygen atoms in total. The van der Waals surface area contributed by atoms with Crippen LogP contribution in [0.25, 0.3) is 10.8 Å². The van der Waals surface area contributed by atoms with Crippen molar-refractivity contribution in [3.63, 3.8) is 0 Å². The van der Waals surface area contributed by atoms with E-state index in [-0.39, 0.29) is 5.91 Å². The van der Waals surface area contributed by atoms with Crippen molar-refractivity contribution in [3.8, 4) is 5.75 Å². The number of methoxy groups -OCH3 is 1. The van der Waals surface area contributed by atoms with Gasteiger partial charge in [-0.25, -0.2) is 0 Å². The van der Waals surface area contributed by atoms with Gasteiger partial charge in [-0.15, -0.1) is 0 Å². The highest BCUT2D eigenvalue weighted by Crippen LogP contribution is 2.22. The maximum Gasteiger partial charge on any atom is 0.236 e. The molecule has 1 aliphatic heterocycles. The molecule has 0 N–H and O–H groups in total. The summed E-state index contributed by atoms with van der Waals surface area (Å²) in [5.41, 5.74) is 1.15. The number of piperidine rings is 1. The summed E-state index contributed by atoms with van der Waals surface area (Å²) in [5.74, 6) is 1.76. The quantitative estimate of drug-likeness (QED) is 0.835. The fraction of sp³-hybridized carbons (Fsp3) is 0.476. The highest BCUT2D eigenvalue weighted by atomic mass is 16.5. The number of carbonyl (C=O) groups excluding carboxylic acids is 1. The van der Waals surface area contributed by atoms with Crippen LogP contribution in [0.15, 0.2) is 36.4 Å². The number of benzene rings is 2. The molecule has 0 saturated carbocycles. The maximum absolute atomic E-state index is 12.5. The zero-order valence-electron chi connectivity index (χ0n) is 15.5. The van der Waals surface area contributed by atoms with Crippen molar-refractivity contribution in [1.82, 2.24) is 9.80 Å². The van der Waals surface area contributed by atoms with Gasteiger partial charge < -0.3 is 9.64 Å². The van der Waals surface area contributed by atoms with Crippen molar-refractivity contribution in [2.24, 2.45) is 5.92 Å². The number of nitrogens with zero attached hydrogens (tertiary/aromatic N) is 2. The standard InChI is InChI=1S/C21H28N2O2/c1-16-5-4-10-23(13-16)15-21(24)22(2)14-17-6-7-19-12-20(25-3)9-8-18(19)11-17/h6-9,11-12,16H,4-5,10,13-15H2,1-3H3. The first kappa shape index (κ1) is 17.7. The minimum atomic E-state index is 0.198. The summed E-state index contributed by atoms with van der Waals surface area (Å²) in [7, 11) is 3.58. The number of likely N-dealkylation sites (tertiary alicyclic amines) is 1. The third-order valence-corrected chi connectivity index (χ3v) is 5.06. The van der Waals surface area contributed by atoms with Crippen LogP contribution in [0.1, 0.15) is 25.3 Å². The van der Waals surface area contributed by atoms with E-state index in [2.05, 4.69) is 36.1 Å². The monoisotopic (exact) mass is 340 g/mol. The van der Waals surface area contributed by atoms with E-state index in [4.69, 9.17) is 4.74 Å². The van der Waals surface area contributed by atoms with Gasteiger partial charge in [0.05, 0.1) is 13.7 Å². The van der Waals surface area contributed by atoms with Crippen molar-refractivity contribution in [2.75, 3.05) is 33.8 Å². The van der Waals surface area contributed by atoms with Gasteiger partial charge in [-0.2, -0.15) is 0 Å². The molecule has 25 heavy (non-hydrogen) atoms. The Balaban J connectivity index is 1.62. The van der Waals surface area contributed by atoms with Gasteiger partial charge in [-0.3, -0.25) is 9.69 Å². The summed E-state index contributed by atoms with van der Waals surface area (Å²) < 4.78 is 5.27. The van der Waals surface area contributed by atoms with Gasteiger partial charge >= 0.3 is 0 Å². The van der Waals surface area contributed by atoms with Gasteiger partial charge in [0.25, 0.3) is 0 Å². The maximum atomic E-state index is 12.5. The Morgan fingerprint density at radius 3 is 2.76 bits per heavy atom. The molecule has 0 spiro atoms. The van der Waals surface area contributed by atoms with Crippen LogP contribution >= 0.6 is 0 Å². The van der Waals surface area contributed by atoms with Crippen molar-refractivity contribution in [2.45, 2.75) is 26.3 Å². The second kappa shape index (κ2) is 7.87. The first-order chi connectivity index (χ1) is 12.0. The largest absolute Gasteiger partial charge is 0.497 e. The van der Waals surface area contributed by atoms with Crippen LogP contribution in [-0.2, 0) is 11.3 Å². The van der Waals surface area contributed by atoms with E-state index in [9.17, 15) is 4.79 Å². The van der Waals surface area contributed by atoms with Gasteiger partial charge in [-0.05, 0) is 59.8 Å². The molecule has 1 heterocycles. The van der Waals surface area contributed by atoms with E-state index in [0.29, 0.717) is 19.0 Å². The molecular weight excluding hydrogens is 312 g/mol. The van der Waals surface area contributed by atoms with Crippen LogP contribution < -0.4 is 4.74 Å². The third-order valence-electron chi connectivity index (χ3n) is 5.06. The number of likely N-dealkylation sites (N-methyl/N-ethyl adjacent to an activating group) is 1. The molecule has 3 rings (SSSR count). The SMILES string of the molecule is COc1ccc2cc(CN(C)C(=O)CN3CCCC(C)C3)ccc2c1. The molecular formula is C21H28N2O2. The minimum Gasteiger partial charge on any atom is -0.497 e. The molecule has 2 aromatic carbocycles. The Bertz CT molecular complexity index is 744. The zero-order valence-corrected chi connectivity index (χ0v) is 15.5. The lowest BCUT2D eigenvalue weighted by Gasteiger charge is -2.31. The molecule has 134 valence electrons. The average molecular weight is 340 g/mol. The Kier molecular flexibility index (Phi) is 5.59. The normalized spacial score (nSPS) is 18.3. The number of hydrogen-bond acceptors (Lipinski definition) is 3. The van der Waals surface area contributed by atoms with Crippen molar-refractivity contribution in [1.29, 1.82) is 0 Å². The Morgan fingerprint density at radius 1 is 1.24 bits per heavy atom. The second-order valence-electron chi connectivity index (χ2n) is 7.28. The van der Waals surface area contributed by atoms with Crippen molar-refractivity contribution < 1.29 is 9.53 Å².